The largest absolute Gasteiger partial charge is 0.316 e. The second-order valence-electron chi connectivity index (χ2n) is 4.67. The van der Waals surface area contributed by atoms with Crippen LogP contribution in [-0.2, 0) is 0 Å². The summed E-state index contributed by atoms with van der Waals surface area (Å²) in [6.45, 7) is 0. The molecule has 0 atom stereocenters. The minimum Gasteiger partial charge on any atom is -0.316 e. The highest BCUT2D eigenvalue weighted by molar-refractivity contribution is 5.81. The third-order valence-electron chi connectivity index (χ3n) is 3.22. The zero-order chi connectivity index (χ0) is 15.4. The molecule has 0 N–H and O–H groups in total. The molecule has 0 aliphatic rings. The summed E-state index contributed by atoms with van der Waals surface area (Å²) in [5.74, 6) is 0. The molecule has 2 aromatic carbocycles. The molecule has 0 aliphatic heterocycles. The minimum absolute atomic E-state index is 0.0617. The second kappa shape index (κ2) is 6.05. The summed E-state index contributed by atoms with van der Waals surface area (Å²) >= 11 is 0. The van der Waals surface area contributed by atoms with Crippen LogP contribution < -0.4 is 0 Å². The van der Waals surface area contributed by atoms with Crippen LogP contribution in [0.5, 0.6) is 0 Å². The molecule has 0 radical (unpaired) electrons. The van der Waals surface area contributed by atoms with E-state index in [2.05, 4.69) is 4.99 Å². The number of aliphatic imine (C=N–C) groups is 1. The number of hydrogen-bond donors (Lipinski definition) is 0. The fourth-order valence-electron chi connectivity index (χ4n) is 2.12. The molecule has 1 heterocycles. The third kappa shape index (κ3) is 2.93. The van der Waals surface area contributed by atoms with Gasteiger partial charge in [-0.15, -0.1) is 0 Å². The molecule has 108 valence electrons. The second-order valence-corrected chi connectivity index (χ2v) is 4.67. The maximum Gasteiger partial charge on any atom is 0.269 e. The van der Waals surface area contributed by atoms with Gasteiger partial charge in [-0.25, -0.2) is 0 Å². The number of nitro benzene ring substituents is 1. The standard InChI is InChI=1S/C17H13N3O2/c21-20(22)16-10-8-14(9-11-16)18-13-17-7-4-12-19(17)15-5-2-1-3-6-15/h1-13H. The molecule has 3 aromatic rings. The van der Waals surface area contributed by atoms with Crippen molar-refractivity contribution in [1.29, 1.82) is 0 Å². The van der Waals surface area contributed by atoms with Crippen LogP contribution in [0.1, 0.15) is 5.69 Å². The first-order valence-corrected chi connectivity index (χ1v) is 6.75. The van der Waals surface area contributed by atoms with Gasteiger partial charge < -0.3 is 4.57 Å². The Hall–Kier alpha value is -3.21. The summed E-state index contributed by atoms with van der Waals surface area (Å²) < 4.78 is 2.02. The Bertz CT molecular complexity index is 805. The Morgan fingerprint density at radius 2 is 1.68 bits per heavy atom. The van der Waals surface area contributed by atoms with Gasteiger partial charge in [-0.2, -0.15) is 0 Å². The number of aromatic nitrogens is 1. The number of non-ortho nitro benzene ring substituents is 1. The summed E-state index contributed by atoms with van der Waals surface area (Å²) in [6.07, 6.45) is 3.71. The van der Waals surface area contributed by atoms with Crippen LogP contribution >= 0.6 is 0 Å². The normalized spacial score (nSPS) is 10.9. The van der Waals surface area contributed by atoms with Gasteiger partial charge in [-0.05, 0) is 36.4 Å². The van der Waals surface area contributed by atoms with Crippen LogP contribution in [-0.4, -0.2) is 15.7 Å². The summed E-state index contributed by atoms with van der Waals surface area (Å²) in [5.41, 5.74) is 2.72. The highest BCUT2D eigenvalue weighted by Gasteiger charge is 2.03. The summed E-state index contributed by atoms with van der Waals surface area (Å²) in [7, 11) is 0. The van der Waals surface area contributed by atoms with Crippen molar-refractivity contribution < 1.29 is 4.92 Å². The molecule has 1 aromatic heterocycles. The lowest BCUT2D eigenvalue weighted by atomic mass is 10.3. The van der Waals surface area contributed by atoms with Gasteiger partial charge in [0, 0.05) is 24.0 Å². The average Bonchev–Trinajstić information content (AvgIpc) is 3.02. The molecule has 5 nitrogen and oxygen atoms in total. The van der Waals surface area contributed by atoms with E-state index in [4.69, 9.17) is 0 Å². The third-order valence-corrected chi connectivity index (χ3v) is 3.22. The predicted molar refractivity (Wildman–Crippen MR) is 86.1 cm³/mol. The average molecular weight is 291 g/mol. The van der Waals surface area contributed by atoms with E-state index in [0.717, 1.165) is 11.4 Å². The van der Waals surface area contributed by atoms with Gasteiger partial charge in [0.2, 0.25) is 0 Å². The van der Waals surface area contributed by atoms with Crippen molar-refractivity contribution in [2.45, 2.75) is 0 Å². The molecule has 5 heteroatoms. The van der Waals surface area contributed by atoms with E-state index in [1.165, 1.54) is 12.1 Å². The lowest BCUT2D eigenvalue weighted by molar-refractivity contribution is -0.384. The first-order valence-electron chi connectivity index (χ1n) is 6.75. The Kier molecular flexibility index (Phi) is 3.78. The van der Waals surface area contributed by atoms with Crippen LogP contribution in [0.15, 0.2) is 77.9 Å². The van der Waals surface area contributed by atoms with Crippen molar-refractivity contribution in [3.8, 4) is 5.69 Å². The molecule has 0 unspecified atom stereocenters. The van der Waals surface area contributed by atoms with Crippen LogP contribution in [0.2, 0.25) is 0 Å². The minimum atomic E-state index is -0.423. The van der Waals surface area contributed by atoms with E-state index in [1.807, 2.05) is 53.2 Å². The Morgan fingerprint density at radius 3 is 2.36 bits per heavy atom. The van der Waals surface area contributed by atoms with E-state index < -0.39 is 4.92 Å². The highest BCUT2D eigenvalue weighted by atomic mass is 16.6. The van der Waals surface area contributed by atoms with Crippen molar-refractivity contribution in [2.24, 2.45) is 4.99 Å². The molecule has 0 saturated carbocycles. The van der Waals surface area contributed by atoms with Crippen LogP contribution in [0.25, 0.3) is 5.69 Å². The smallest absolute Gasteiger partial charge is 0.269 e. The van der Waals surface area contributed by atoms with Gasteiger partial charge in [0.1, 0.15) is 0 Å². The maximum atomic E-state index is 10.6. The van der Waals surface area contributed by atoms with Crippen molar-refractivity contribution in [2.75, 3.05) is 0 Å². The summed E-state index contributed by atoms with van der Waals surface area (Å²) in [5, 5.41) is 10.6. The van der Waals surface area contributed by atoms with Gasteiger partial charge in [0.15, 0.2) is 0 Å². The lowest BCUT2D eigenvalue weighted by Gasteiger charge is -2.05. The molecule has 3 rings (SSSR count). The predicted octanol–water partition coefficient (Wildman–Crippen LogP) is 4.14. The van der Waals surface area contributed by atoms with Gasteiger partial charge in [0.05, 0.1) is 22.5 Å². The van der Waals surface area contributed by atoms with Crippen LogP contribution in [0, 0.1) is 10.1 Å². The maximum absolute atomic E-state index is 10.6. The van der Waals surface area contributed by atoms with E-state index >= 15 is 0 Å². The quantitative estimate of drug-likeness (QED) is 0.412. The van der Waals surface area contributed by atoms with Gasteiger partial charge >= 0.3 is 0 Å². The van der Waals surface area contributed by atoms with E-state index in [9.17, 15) is 10.1 Å². The molecule has 0 spiro atoms. The fourth-order valence-corrected chi connectivity index (χ4v) is 2.12. The Balaban J connectivity index is 1.85. The van der Waals surface area contributed by atoms with Crippen molar-refractivity contribution in [3.05, 3.63) is 88.7 Å². The monoisotopic (exact) mass is 291 g/mol. The number of para-hydroxylation sites is 1. The summed E-state index contributed by atoms with van der Waals surface area (Å²) in [6, 6.07) is 20.0. The number of hydrogen-bond acceptors (Lipinski definition) is 3. The topological polar surface area (TPSA) is 60.4 Å². The van der Waals surface area contributed by atoms with Crippen molar-refractivity contribution in [3.63, 3.8) is 0 Å². The SMILES string of the molecule is O=[N+]([O-])c1ccc(N=Cc2cccn2-c2ccccc2)cc1. The number of benzene rings is 2. The molecular formula is C17H13N3O2. The molecule has 22 heavy (non-hydrogen) atoms. The zero-order valence-corrected chi connectivity index (χ0v) is 11.7. The summed E-state index contributed by atoms with van der Waals surface area (Å²) in [4.78, 5) is 14.6. The van der Waals surface area contributed by atoms with Gasteiger partial charge in [-0.3, -0.25) is 15.1 Å². The van der Waals surface area contributed by atoms with Crippen LogP contribution in [0.3, 0.4) is 0 Å². The molecular weight excluding hydrogens is 278 g/mol. The van der Waals surface area contributed by atoms with Crippen molar-refractivity contribution in [1.82, 2.24) is 4.57 Å². The van der Waals surface area contributed by atoms with E-state index in [0.29, 0.717) is 5.69 Å². The van der Waals surface area contributed by atoms with Gasteiger partial charge in [-0.1, -0.05) is 18.2 Å². The van der Waals surface area contributed by atoms with E-state index in [-0.39, 0.29) is 5.69 Å². The Morgan fingerprint density at radius 1 is 0.955 bits per heavy atom. The van der Waals surface area contributed by atoms with Gasteiger partial charge in [0.25, 0.3) is 5.69 Å². The van der Waals surface area contributed by atoms with Crippen LogP contribution in [0.4, 0.5) is 11.4 Å². The number of nitro groups is 1. The first kappa shape index (κ1) is 13.8. The molecule has 0 saturated heterocycles. The zero-order valence-electron chi connectivity index (χ0n) is 11.7. The number of rotatable bonds is 4. The first-order chi connectivity index (χ1) is 10.7. The molecule has 0 bridgehead atoms. The Labute approximate surface area is 127 Å². The van der Waals surface area contributed by atoms with E-state index in [1.54, 1.807) is 18.3 Å². The lowest BCUT2D eigenvalue weighted by Crippen LogP contribution is -1.97. The molecule has 0 amide bonds. The van der Waals surface area contributed by atoms with Crippen molar-refractivity contribution >= 4 is 17.6 Å². The fraction of sp³-hybridized carbons (Fsp3) is 0. The molecule has 0 aliphatic carbocycles. The number of nitrogens with zero attached hydrogens (tertiary/aromatic N) is 3. The highest BCUT2D eigenvalue weighted by Crippen LogP contribution is 2.18. The molecule has 0 fully saturated rings.